The average molecular weight is 425 g/mol. The minimum Gasteiger partial charge on any atom is -0.490 e. The molecular weight excluding hydrogens is 404 g/mol. The maximum Gasteiger partial charge on any atom is 0.337 e. The molecule has 0 radical (unpaired) electrons. The molecule has 0 spiro atoms. The summed E-state index contributed by atoms with van der Waals surface area (Å²) in [6.07, 6.45) is 1.59. The number of ether oxygens (including phenoxy) is 2. The van der Waals surface area contributed by atoms with Crippen LogP contribution in [0.5, 0.6) is 11.5 Å². The van der Waals surface area contributed by atoms with Crippen LogP contribution in [0.15, 0.2) is 71.8 Å². The molecule has 0 heterocycles. The Labute approximate surface area is 179 Å². The van der Waals surface area contributed by atoms with Crippen molar-refractivity contribution in [3.05, 3.63) is 88.4 Å². The van der Waals surface area contributed by atoms with E-state index in [9.17, 15) is 9.90 Å². The van der Waals surface area contributed by atoms with E-state index in [1.165, 1.54) is 6.07 Å². The number of nitrogens with zero attached hydrogens (tertiary/aromatic N) is 1. The predicted molar refractivity (Wildman–Crippen MR) is 118 cm³/mol. The molecule has 0 unspecified atom stereocenters. The lowest BCUT2D eigenvalue weighted by molar-refractivity contribution is 0.0698. The molecule has 154 valence electrons. The van der Waals surface area contributed by atoms with Crippen molar-refractivity contribution < 1.29 is 19.4 Å². The summed E-state index contributed by atoms with van der Waals surface area (Å²) >= 11 is 5.91. The third kappa shape index (κ3) is 5.75. The molecule has 0 fully saturated rings. The van der Waals surface area contributed by atoms with E-state index in [2.05, 4.69) is 10.5 Å². The molecule has 3 aromatic rings. The van der Waals surface area contributed by atoms with Crippen LogP contribution in [0.25, 0.3) is 0 Å². The van der Waals surface area contributed by atoms with Gasteiger partial charge in [0, 0.05) is 5.02 Å². The van der Waals surface area contributed by atoms with Crippen molar-refractivity contribution in [3.8, 4) is 11.5 Å². The molecule has 0 saturated heterocycles. The number of hydrogen-bond acceptors (Lipinski definition) is 5. The van der Waals surface area contributed by atoms with Crippen molar-refractivity contribution in [2.45, 2.75) is 13.5 Å². The molecule has 0 amide bonds. The van der Waals surface area contributed by atoms with E-state index in [0.29, 0.717) is 35.4 Å². The lowest BCUT2D eigenvalue weighted by Crippen LogP contribution is -2.02. The van der Waals surface area contributed by atoms with Gasteiger partial charge in [-0.2, -0.15) is 5.10 Å². The van der Waals surface area contributed by atoms with Crippen LogP contribution in [0.4, 0.5) is 5.69 Å². The molecule has 3 aromatic carbocycles. The molecule has 3 rings (SSSR count). The Balaban J connectivity index is 1.70. The van der Waals surface area contributed by atoms with E-state index < -0.39 is 5.97 Å². The molecule has 0 aliphatic heterocycles. The Morgan fingerprint density at radius 1 is 1.07 bits per heavy atom. The number of nitrogens with one attached hydrogen (secondary N) is 1. The second-order valence-corrected chi connectivity index (χ2v) is 6.71. The van der Waals surface area contributed by atoms with Crippen LogP contribution in [0, 0.1) is 0 Å². The first-order valence-corrected chi connectivity index (χ1v) is 9.70. The highest BCUT2D eigenvalue weighted by Crippen LogP contribution is 2.29. The van der Waals surface area contributed by atoms with Gasteiger partial charge in [-0.05, 0) is 60.5 Å². The first-order valence-electron chi connectivity index (χ1n) is 9.32. The largest absolute Gasteiger partial charge is 0.490 e. The molecule has 6 nitrogen and oxygen atoms in total. The summed E-state index contributed by atoms with van der Waals surface area (Å²) in [5.41, 5.74) is 5.10. The van der Waals surface area contributed by atoms with Gasteiger partial charge in [-0.25, -0.2) is 4.79 Å². The van der Waals surface area contributed by atoms with Crippen LogP contribution in [0.3, 0.4) is 0 Å². The van der Waals surface area contributed by atoms with Gasteiger partial charge in [0.25, 0.3) is 0 Å². The number of para-hydroxylation sites is 1. The summed E-state index contributed by atoms with van der Waals surface area (Å²) in [5, 5.41) is 14.0. The quantitative estimate of drug-likeness (QED) is 0.352. The highest BCUT2D eigenvalue weighted by Gasteiger charge is 2.09. The van der Waals surface area contributed by atoms with E-state index in [-0.39, 0.29) is 5.56 Å². The van der Waals surface area contributed by atoms with E-state index in [1.807, 2.05) is 49.4 Å². The Morgan fingerprint density at radius 3 is 2.57 bits per heavy atom. The number of benzene rings is 3. The first kappa shape index (κ1) is 21.2. The zero-order valence-corrected chi connectivity index (χ0v) is 17.1. The highest BCUT2D eigenvalue weighted by molar-refractivity contribution is 6.30. The molecule has 0 aliphatic carbocycles. The van der Waals surface area contributed by atoms with Gasteiger partial charge >= 0.3 is 5.97 Å². The Morgan fingerprint density at radius 2 is 1.83 bits per heavy atom. The fourth-order valence-corrected chi connectivity index (χ4v) is 2.80. The maximum absolute atomic E-state index is 11.3. The predicted octanol–water partition coefficient (Wildman–Crippen LogP) is 5.46. The monoisotopic (exact) mass is 424 g/mol. The number of hydrazone groups is 1. The Hall–Kier alpha value is -3.51. The van der Waals surface area contributed by atoms with Gasteiger partial charge in [0.05, 0.1) is 24.1 Å². The Bertz CT molecular complexity index is 1040. The van der Waals surface area contributed by atoms with Crippen LogP contribution in [0.2, 0.25) is 5.02 Å². The smallest absolute Gasteiger partial charge is 0.337 e. The van der Waals surface area contributed by atoms with Gasteiger partial charge in [-0.3, -0.25) is 5.43 Å². The third-order valence-electron chi connectivity index (χ3n) is 4.13. The second-order valence-electron chi connectivity index (χ2n) is 6.28. The minimum absolute atomic E-state index is 0.149. The van der Waals surface area contributed by atoms with Crippen molar-refractivity contribution in [2.24, 2.45) is 5.10 Å². The minimum atomic E-state index is -1.02. The fraction of sp³-hybridized carbons (Fsp3) is 0.130. The molecule has 7 heteroatoms. The number of halogens is 1. The number of carboxylic acids is 1. The Kier molecular flexibility index (Phi) is 7.29. The standard InChI is InChI=1S/C23H21ClN2O4/c1-2-29-22-13-17(14-25-26-20-6-4-3-5-19(20)23(27)28)9-12-21(22)30-15-16-7-10-18(24)11-8-16/h3-14,26H,2,15H2,1H3,(H,27,28)/b25-14+. The van der Waals surface area contributed by atoms with Crippen LogP contribution in [-0.2, 0) is 6.61 Å². The molecule has 0 aromatic heterocycles. The summed E-state index contributed by atoms with van der Waals surface area (Å²) in [7, 11) is 0. The van der Waals surface area contributed by atoms with Crippen LogP contribution in [-0.4, -0.2) is 23.9 Å². The highest BCUT2D eigenvalue weighted by atomic mass is 35.5. The third-order valence-corrected chi connectivity index (χ3v) is 4.38. The fourth-order valence-electron chi connectivity index (χ4n) is 2.68. The van der Waals surface area contributed by atoms with Crippen molar-refractivity contribution >= 4 is 29.5 Å². The lowest BCUT2D eigenvalue weighted by atomic mass is 10.2. The molecular formula is C23H21ClN2O4. The van der Waals surface area contributed by atoms with Gasteiger partial charge < -0.3 is 14.6 Å². The summed E-state index contributed by atoms with van der Waals surface area (Å²) in [5.74, 6) is 0.198. The van der Waals surface area contributed by atoms with Crippen molar-refractivity contribution in [1.82, 2.24) is 0 Å². The van der Waals surface area contributed by atoms with Crippen LogP contribution >= 0.6 is 11.6 Å². The van der Waals surface area contributed by atoms with Crippen molar-refractivity contribution in [2.75, 3.05) is 12.0 Å². The summed E-state index contributed by atoms with van der Waals surface area (Å²) in [4.78, 5) is 11.3. The molecule has 0 aliphatic rings. The summed E-state index contributed by atoms with van der Waals surface area (Å²) in [6.45, 7) is 2.77. The molecule has 2 N–H and O–H groups in total. The van der Waals surface area contributed by atoms with Crippen LogP contribution < -0.4 is 14.9 Å². The number of carbonyl (C=O) groups is 1. The zero-order valence-electron chi connectivity index (χ0n) is 16.3. The summed E-state index contributed by atoms with van der Waals surface area (Å²) in [6, 6.07) is 19.5. The summed E-state index contributed by atoms with van der Waals surface area (Å²) < 4.78 is 11.6. The van der Waals surface area contributed by atoms with E-state index in [1.54, 1.807) is 24.4 Å². The van der Waals surface area contributed by atoms with Gasteiger partial charge in [-0.15, -0.1) is 0 Å². The number of aromatic carboxylic acids is 1. The van der Waals surface area contributed by atoms with E-state index >= 15 is 0 Å². The number of rotatable bonds is 9. The SMILES string of the molecule is CCOc1cc(/C=N/Nc2ccccc2C(=O)O)ccc1OCc1ccc(Cl)cc1. The van der Waals surface area contributed by atoms with Crippen molar-refractivity contribution in [1.29, 1.82) is 0 Å². The lowest BCUT2D eigenvalue weighted by Gasteiger charge is -2.13. The van der Waals surface area contributed by atoms with Gasteiger partial charge in [-0.1, -0.05) is 35.9 Å². The number of carboxylic acid groups (broad SMARTS) is 1. The number of anilines is 1. The maximum atomic E-state index is 11.3. The van der Waals surface area contributed by atoms with Crippen molar-refractivity contribution in [3.63, 3.8) is 0 Å². The topological polar surface area (TPSA) is 80.2 Å². The zero-order chi connectivity index (χ0) is 21.3. The molecule has 0 bridgehead atoms. The van der Waals surface area contributed by atoms with E-state index in [0.717, 1.165) is 11.1 Å². The van der Waals surface area contributed by atoms with Crippen LogP contribution in [0.1, 0.15) is 28.4 Å². The normalized spacial score (nSPS) is 10.7. The first-order chi connectivity index (χ1) is 14.6. The number of hydrogen-bond donors (Lipinski definition) is 2. The van der Waals surface area contributed by atoms with E-state index in [4.69, 9.17) is 21.1 Å². The van der Waals surface area contributed by atoms with Gasteiger partial charge in [0.2, 0.25) is 0 Å². The second kappa shape index (κ2) is 10.3. The molecule has 0 saturated carbocycles. The molecule has 30 heavy (non-hydrogen) atoms. The van der Waals surface area contributed by atoms with Gasteiger partial charge in [0.1, 0.15) is 6.61 Å². The van der Waals surface area contributed by atoms with Gasteiger partial charge in [0.15, 0.2) is 11.5 Å². The molecule has 0 atom stereocenters. The average Bonchev–Trinajstić information content (AvgIpc) is 2.75.